The highest BCUT2D eigenvalue weighted by molar-refractivity contribution is 6.30. The summed E-state index contributed by atoms with van der Waals surface area (Å²) in [6.07, 6.45) is -0.616. The number of methoxy groups -OCH3 is 1. The van der Waals surface area contributed by atoms with Crippen molar-refractivity contribution in [2.24, 2.45) is 0 Å². The number of hydrogen-bond acceptors (Lipinski definition) is 6. The maximum Gasteiger partial charge on any atom is 0.256 e. The SMILES string of the molecule is COc1ccc(Cl)cc1NC(O)N1CCC(O)(C(=O)Nc2ccc(C(C)(C)C)cc2)CC1. The topological polar surface area (TPSA) is 94.1 Å². The number of likely N-dealkylation sites (tertiary alicyclic amines) is 1. The monoisotopic (exact) mass is 461 g/mol. The number of aliphatic hydroxyl groups excluding tert-OH is 1. The molecule has 3 rings (SSSR count). The smallest absolute Gasteiger partial charge is 0.256 e. The Hall–Kier alpha value is -2.32. The maximum atomic E-state index is 12.8. The first-order valence-corrected chi connectivity index (χ1v) is 11.1. The molecular weight excluding hydrogens is 430 g/mol. The third kappa shape index (κ3) is 5.72. The van der Waals surface area contributed by atoms with Gasteiger partial charge in [0, 0.05) is 23.8 Å². The Morgan fingerprint density at radius 3 is 2.34 bits per heavy atom. The van der Waals surface area contributed by atoms with E-state index >= 15 is 0 Å². The Morgan fingerprint density at radius 2 is 1.78 bits per heavy atom. The van der Waals surface area contributed by atoms with Crippen molar-refractivity contribution in [2.45, 2.75) is 51.0 Å². The van der Waals surface area contributed by atoms with E-state index in [9.17, 15) is 15.0 Å². The third-order valence-electron chi connectivity index (χ3n) is 5.85. The highest BCUT2D eigenvalue weighted by Crippen LogP contribution is 2.30. The second kappa shape index (κ2) is 9.67. The number of benzene rings is 2. The molecule has 7 nitrogen and oxygen atoms in total. The van der Waals surface area contributed by atoms with Gasteiger partial charge < -0.3 is 25.6 Å². The number of halogens is 1. The van der Waals surface area contributed by atoms with Crippen molar-refractivity contribution in [3.8, 4) is 5.75 Å². The van der Waals surface area contributed by atoms with Crippen LogP contribution < -0.4 is 15.4 Å². The minimum absolute atomic E-state index is 0.0253. The van der Waals surface area contributed by atoms with Crippen molar-refractivity contribution in [2.75, 3.05) is 30.8 Å². The predicted molar refractivity (Wildman–Crippen MR) is 127 cm³/mol. The van der Waals surface area contributed by atoms with Crippen molar-refractivity contribution in [3.05, 3.63) is 53.1 Å². The Kier molecular flexibility index (Phi) is 7.35. The lowest BCUT2D eigenvalue weighted by molar-refractivity contribution is -0.141. The molecule has 0 saturated carbocycles. The van der Waals surface area contributed by atoms with Crippen LogP contribution in [0.5, 0.6) is 5.75 Å². The Bertz CT molecular complexity index is 935. The fourth-order valence-corrected chi connectivity index (χ4v) is 3.86. The molecule has 1 amide bonds. The molecule has 2 aromatic rings. The van der Waals surface area contributed by atoms with E-state index < -0.39 is 17.9 Å². The first-order chi connectivity index (χ1) is 15.0. The van der Waals surface area contributed by atoms with E-state index in [0.717, 1.165) is 0 Å². The summed E-state index contributed by atoms with van der Waals surface area (Å²) in [6.45, 7) is 7.06. The summed E-state index contributed by atoms with van der Waals surface area (Å²) in [5.74, 6) is 0.124. The molecule has 32 heavy (non-hydrogen) atoms. The zero-order valence-corrected chi connectivity index (χ0v) is 19.7. The van der Waals surface area contributed by atoms with Gasteiger partial charge in [-0.15, -0.1) is 0 Å². The van der Waals surface area contributed by atoms with Crippen LogP contribution in [0.2, 0.25) is 5.02 Å². The van der Waals surface area contributed by atoms with Crippen molar-refractivity contribution in [1.82, 2.24) is 4.90 Å². The number of hydrogen-bond donors (Lipinski definition) is 4. The molecule has 0 spiro atoms. The molecule has 1 aliphatic heterocycles. The number of ether oxygens (including phenoxy) is 1. The van der Waals surface area contributed by atoms with Crippen molar-refractivity contribution in [1.29, 1.82) is 0 Å². The van der Waals surface area contributed by atoms with Crippen molar-refractivity contribution in [3.63, 3.8) is 0 Å². The van der Waals surface area contributed by atoms with E-state index in [1.165, 1.54) is 12.7 Å². The zero-order chi connectivity index (χ0) is 23.5. The fraction of sp³-hybridized carbons (Fsp3) is 0.458. The molecule has 0 aliphatic carbocycles. The minimum Gasteiger partial charge on any atom is -0.495 e. The van der Waals surface area contributed by atoms with Crippen LogP contribution in [0.3, 0.4) is 0 Å². The summed E-state index contributed by atoms with van der Waals surface area (Å²) < 4.78 is 5.29. The van der Waals surface area contributed by atoms with Gasteiger partial charge >= 0.3 is 0 Å². The molecular formula is C24H32ClN3O4. The molecule has 1 atom stereocenters. The van der Waals surface area contributed by atoms with Crippen LogP contribution in [0.1, 0.15) is 39.2 Å². The molecule has 8 heteroatoms. The lowest BCUT2D eigenvalue weighted by Crippen LogP contribution is -2.55. The van der Waals surface area contributed by atoms with E-state index in [1.807, 2.05) is 24.3 Å². The van der Waals surface area contributed by atoms with Gasteiger partial charge in [-0.1, -0.05) is 44.5 Å². The van der Waals surface area contributed by atoms with E-state index in [0.29, 0.717) is 35.2 Å². The lowest BCUT2D eigenvalue weighted by atomic mass is 9.87. The summed E-state index contributed by atoms with van der Waals surface area (Å²) in [6, 6.07) is 12.7. The van der Waals surface area contributed by atoms with Gasteiger partial charge in [0.15, 0.2) is 6.35 Å². The van der Waals surface area contributed by atoms with Crippen molar-refractivity contribution >= 4 is 28.9 Å². The maximum absolute atomic E-state index is 12.8. The summed E-state index contributed by atoms with van der Waals surface area (Å²) in [5, 5.41) is 27.8. The van der Waals surface area contributed by atoms with Crippen LogP contribution in [0.15, 0.2) is 42.5 Å². The Labute approximate surface area is 194 Å². The number of carbonyl (C=O) groups is 1. The van der Waals surface area contributed by atoms with E-state index in [1.54, 1.807) is 23.1 Å². The van der Waals surface area contributed by atoms with Gasteiger partial charge in [0.25, 0.3) is 5.91 Å². The van der Waals surface area contributed by atoms with E-state index in [2.05, 4.69) is 31.4 Å². The second-order valence-corrected chi connectivity index (χ2v) is 9.65. The summed E-state index contributed by atoms with van der Waals surface area (Å²) in [4.78, 5) is 14.5. The van der Waals surface area contributed by atoms with Gasteiger partial charge in [0.1, 0.15) is 11.4 Å². The molecule has 1 aliphatic rings. The molecule has 0 radical (unpaired) electrons. The molecule has 1 fully saturated rings. The van der Waals surface area contributed by atoms with Crippen LogP contribution in [0, 0.1) is 0 Å². The molecule has 1 unspecified atom stereocenters. The normalized spacial score (nSPS) is 17.5. The molecule has 174 valence electrons. The lowest BCUT2D eigenvalue weighted by Gasteiger charge is -2.39. The number of nitrogens with zero attached hydrogens (tertiary/aromatic N) is 1. The van der Waals surface area contributed by atoms with Gasteiger partial charge in [0.05, 0.1) is 12.8 Å². The number of aliphatic hydroxyl groups is 2. The molecule has 1 saturated heterocycles. The van der Waals surface area contributed by atoms with Crippen LogP contribution in [0.25, 0.3) is 0 Å². The Balaban J connectivity index is 1.57. The fourth-order valence-electron chi connectivity index (χ4n) is 3.69. The predicted octanol–water partition coefficient (Wildman–Crippen LogP) is 3.80. The van der Waals surface area contributed by atoms with Crippen LogP contribution in [0.4, 0.5) is 11.4 Å². The standard InChI is InChI=1S/C24H32ClN3O4/c1-23(2,3)16-5-8-18(9-6-16)26-21(29)24(31)11-13-28(14-12-24)22(30)27-19-15-17(25)7-10-20(19)32-4/h5-10,15,22,27,30-31H,11-14H2,1-4H3,(H,26,29). The highest BCUT2D eigenvalue weighted by Gasteiger charge is 2.40. The van der Waals surface area contributed by atoms with Crippen LogP contribution >= 0.6 is 11.6 Å². The third-order valence-corrected chi connectivity index (χ3v) is 6.08. The number of piperidine rings is 1. The minimum atomic E-state index is -1.49. The second-order valence-electron chi connectivity index (χ2n) is 9.21. The number of nitrogens with one attached hydrogen (secondary N) is 2. The van der Waals surface area contributed by atoms with E-state index in [-0.39, 0.29) is 18.3 Å². The molecule has 0 aromatic heterocycles. The average molecular weight is 462 g/mol. The first kappa shape index (κ1) is 24.3. The van der Waals surface area contributed by atoms with Crippen LogP contribution in [-0.4, -0.2) is 53.2 Å². The highest BCUT2D eigenvalue weighted by atomic mass is 35.5. The quantitative estimate of drug-likeness (QED) is 0.489. The number of anilines is 2. The van der Waals surface area contributed by atoms with Gasteiger partial charge in [-0.3, -0.25) is 9.69 Å². The van der Waals surface area contributed by atoms with Gasteiger partial charge in [-0.2, -0.15) is 0 Å². The summed E-state index contributed by atoms with van der Waals surface area (Å²) in [7, 11) is 1.54. The van der Waals surface area contributed by atoms with Gasteiger partial charge in [0.2, 0.25) is 0 Å². The molecule has 0 bridgehead atoms. The molecule has 4 N–H and O–H groups in total. The number of rotatable bonds is 6. The summed E-state index contributed by atoms with van der Waals surface area (Å²) in [5.41, 5.74) is 0.906. The number of amides is 1. The van der Waals surface area contributed by atoms with Crippen molar-refractivity contribution < 1.29 is 19.7 Å². The number of carbonyl (C=O) groups excluding carboxylic acids is 1. The average Bonchev–Trinajstić information content (AvgIpc) is 2.74. The zero-order valence-electron chi connectivity index (χ0n) is 19.0. The van der Waals surface area contributed by atoms with E-state index in [4.69, 9.17) is 16.3 Å². The van der Waals surface area contributed by atoms with Crippen LogP contribution in [-0.2, 0) is 10.2 Å². The van der Waals surface area contributed by atoms with Gasteiger partial charge in [-0.05, 0) is 54.2 Å². The first-order valence-electron chi connectivity index (χ1n) is 10.7. The summed E-state index contributed by atoms with van der Waals surface area (Å²) >= 11 is 6.04. The molecule has 2 aromatic carbocycles. The largest absolute Gasteiger partial charge is 0.495 e. The van der Waals surface area contributed by atoms with Gasteiger partial charge in [-0.25, -0.2) is 0 Å². The molecule has 1 heterocycles. The Morgan fingerprint density at radius 1 is 1.16 bits per heavy atom.